The summed E-state index contributed by atoms with van der Waals surface area (Å²) in [6.07, 6.45) is 1.67. The number of allylic oxidation sites excluding steroid dienone is 2. The van der Waals surface area contributed by atoms with Crippen molar-refractivity contribution in [1.82, 2.24) is 4.90 Å². The van der Waals surface area contributed by atoms with Crippen molar-refractivity contribution in [3.05, 3.63) is 11.8 Å². The van der Waals surface area contributed by atoms with Crippen molar-refractivity contribution in [2.75, 3.05) is 7.05 Å². The summed E-state index contributed by atoms with van der Waals surface area (Å²) in [6.45, 7) is 11.5. The first-order chi connectivity index (χ1) is 6.70. The predicted octanol–water partition coefficient (Wildman–Crippen LogP) is 2.78. The number of hydrogen-bond donors (Lipinski definition) is 0. The molecule has 0 N–H and O–H groups in total. The SMILES string of the molecule is C/C=C(/C)OC(N(C)C(C)=O)C(C)(C)C. The lowest BCUT2D eigenvalue weighted by Crippen LogP contribution is -2.45. The zero-order chi connectivity index (χ0) is 12.2. The van der Waals surface area contributed by atoms with Crippen LogP contribution < -0.4 is 0 Å². The first-order valence-electron chi connectivity index (χ1n) is 5.23. The molecule has 0 aliphatic rings. The van der Waals surface area contributed by atoms with Crippen molar-refractivity contribution in [2.24, 2.45) is 5.41 Å². The molecular formula is C12H23NO2. The van der Waals surface area contributed by atoms with Gasteiger partial charge in [-0.3, -0.25) is 4.79 Å². The summed E-state index contributed by atoms with van der Waals surface area (Å²) in [5, 5.41) is 0. The molecule has 0 saturated heterocycles. The number of rotatable bonds is 3. The van der Waals surface area contributed by atoms with Gasteiger partial charge in [-0.25, -0.2) is 0 Å². The zero-order valence-electron chi connectivity index (χ0n) is 10.9. The quantitative estimate of drug-likeness (QED) is 0.533. The average molecular weight is 213 g/mol. The van der Waals surface area contributed by atoms with E-state index in [0.717, 1.165) is 5.76 Å². The Bertz CT molecular complexity index is 251. The van der Waals surface area contributed by atoms with E-state index in [9.17, 15) is 4.79 Å². The van der Waals surface area contributed by atoms with E-state index < -0.39 is 0 Å². The van der Waals surface area contributed by atoms with Crippen molar-refractivity contribution in [3.8, 4) is 0 Å². The normalized spacial score (nSPS) is 14.7. The molecule has 0 fully saturated rings. The second kappa shape index (κ2) is 5.19. The molecule has 0 aromatic carbocycles. The molecule has 0 heterocycles. The van der Waals surface area contributed by atoms with E-state index in [4.69, 9.17) is 4.74 Å². The van der Waals surface area contributed by atoms with E-state index in [1.807, 2.05) is 19.9 Å². The number of hydrogen-bond acceptors (Lipinski definition) is 2. The molecule has 0 aliphatic carbocycles. The topological polar surface area (TPSA) is 29.5 Å². The summed E-state index contributed by atoms with van der Waals surface area (Å²) in [6, 6.07) is 0. The maximum absolute atomic E-state index is 11.3. The highest BCUT2D eigenvalue weighted by Crippen LogP contribution is 2.26. The lowest BCUT2D eigenvalue weighted by molar-refractivity contribution is -0.147. The molecule has 0 aromatic heterocycles. The van der Waals surface area contributed by atoms with Gasteiger partial charge in [0.1, 0.15) is 0 Å². The standard InChI is InChI=1S/C12H23NO2/c1-8-9(2)15-11(12(4,5)6)13(7)10(3)14/h8,11H,1-7H3/b9-8-. The van der Waals surface area contributed by atoms with Gasteiger partial charge in [0.25, 0.3) is 0 Å². The minimum atomic E-state index is -0.230. The third-order valence-corrected chi connectivity index (χ3v) is 2.29. The summed E-state index contributed by atoms with van der Waals surface area (Å²) in [5.74, 6) is 0.849. The van der Waals surface area contributed by atoms with Gasteiger partial charge in [0.05, 0.1) is 5.76 Å². The van der Waals surface area contributed by atoms with E-state index in [1.54, 1.807) is 18.9 Å². The van der Waals surface area contributed by atoms with Crippen LogP contribution in [0.2, 0.25) is 0 Å². The monoisotopic (exact) mass is 213 g/mol. The van der Waals surface area contributed by atoms with Crippen LogP contribution in [0.4, 0.5) is 0 Å². The van der Waals surface area contributed by atoms with Crippen LogP contribution in [0, 0.1) is 5.41 Å². The Morgan fingerprint density at radius 1 is 1.33 bits per heavy atom. The molecule has 0 rings (SSSR count). The van der Waals surface area contributed by atoms with Gasteiger partial charge in [0, 0.05) is 19.4 Å². The van der Waals surface area contributed by atoms with Crippen LogP contribution in [0.1, 0.15) is 41.5 Å². The highest BCUT2D eigenvalue weighted by molar-refractivity contribution is 5.73. The molecule has 0 radical (unpaired) electrons. The average Bonchev–Trinajstić information content (AvgIpc) is 2.10. The van der Waals surface area contributed by atoms with Gasteiger partial charge in [0.2, 0.25) is 5.91 Å². The fourth-order valence-electron chi connectivity index (χ4n) is 1.25. The van der Waals surface area contributed by atoms with Crippen molar-refractivity contribution in [2.45, 2.75) is 47.8 Å². The predicted molar refractivity (Wildman–Crippen MR) is 62.2 cm³/mol. The first kappa shape index (κ1) is 14.0. The van der Waals surface area contributed by atoms with Gasteiger partial charge in [-0.1, -0.05) is 20.8 Å². The van der Waals surface area contributed by atoms with Gasteiger partial charge in [-0.2, -0.15) is 0 Å². The third-order valence-electron chi connectivity index (χ3n) is 2.29. The molecule has 0 aromatic rings. The number of carbonyl (C=O) groups excluding carboxylic acids is 1. The molecule has 0 spiro atoms. The lowest BCUT2D eigenvalue weighted by Gasteiger charge is -2.37. The molecule has 3 heteroatoms. The van der Waals surface area contributed by atoms with Crippen LogP contribution in [0.15, 0.2) is 11.8 Å². The molecule has 0 bridgehead atoms. The number of amides is 1. The molecule has 0 aliphatic heterocycles. The Morgan fingerprint density at radius 3 is 2.07 bits per heavy atom. The number of carbonyl (C=O) groups is 1. The minimum absolute atomic E-state index is 0.0128. The van der Waals surface area contributed by atoms with Gasteiger partial charge >= 0.3 is 0 Å². The Balaban J connectivity index is 4.83. The van der Waals surface area contributed by atoms with Gasteiger partial charge in [-0.15, -0.1) is 0 Å². The summed E-state index contributed by atoms with van der Waals surface area (Å²) >= 11 is 0. The fraction of sp³-hybridized carbons (Fsp3) is 0.750. The fourth-order valence-corrected chi connectivity index (χ4v) is 1.25. The van der Waals surface area contributed by atoms with Crippen LogP contribution in [-0.2, 0) is 9.53 Å². The van der Waals surface area contributed by atoms with E-state index in [-0.39, 0.29) is 17.6 Å². The summed E-state index contributed by atoms with van der Waals surface area (Å²) in [4.78, 5) is 13.0. The Kier molecular flexibility index (Phi) is 4.85. The Morgan fingerprint density at radius 2 is 1.80 bits per heavy atom. The molecule has 1 amide bonds. The molecule has 0 saturated carbocycles. The maximum atomic E-state index is 11.3. The summed E-state index contributed by atoms with van der Waals surface area (Å²) in [7, 11) is 1.77. The first-order valence-corrected chi connectivity index (χ1v) is 5.23. The van der Waals surface area contributed by atoms with Crippen LogP contribution in [0.3, 0.4) is 0 Å². The molecular weight excluding hydrogens is 190 g/mol. The molecule has 3 nitrogen and oxygen atoms in total. The van der Waals surface area contributed by atoms with E-state index in [1.165, 1.54) is 0 Å². The Hall–Kier alpha value is -0.990. The van der Waals surface area contributed by atoms with Crippen LogP contribution >= 0.6 is 0 Å². The van der Waals surface area contributed by atoms with Crippen molar-refractivity contribution in [1.29, 1.82) is 0 Å². The minimum Gasteiger partial charge on any atom is -0.475 e. The van der Waals surface area contributed by atoms with E-state index in [2.05, 4.69) is 20.8 Å². The Labute approximate surface area is 93.1 Å². The number of nitrogens with zero attached hydrogens (tertiary/aromatic N) is 1. The maximum Gasteiger partial charge on any atom is 0.222 e. The molecule has 88 valence electrons. The second-order valence-corrected chi connectivity index (χ2v) is 4.87. The number of ether oxygens (including phenoxy) is 1. The zero-order valence-corrected chi connectivity index (χ0v) is 10.9. The van der Waals surface area contributed by atoms with Crippen molar-refractivity contribution in [3.63, 3.8) is 0 Å². The van der Waals surface area contributed by atoms with E-state index in [0.29, 0.717) is 0 Å². The lowest BCUT2D eigenvalue weighted by atomic mass is 9.93. The summed E-state index contributed by atoms with van der Waals surface area (Å²) < 4.78 is 5.75. The molecule has 15 heavy (non-hydrogen) atoms. The van der Waals surface area contributed by atoms with Crippen LogP contribution in [-0.4, -0.2) is 24.1 Å². The van der Waals surface area contributed by atoms with Crippen LogP contribution in [0.5, 0.6) is 0 Å². The smallest absolute Gasteiger partial charge is 0.222 e. The van der Waals surface area contributed by atoms with Gasteiger partial charge in [0.15, 0.2) is 6.23 Å². The second-order valence-electron chi connectivity index (χ2n) is 4.87. The largest absolute Gasteiger partial charge is 0.475 e. The highest BCUT2D eigenvalue weighted by Gasteiger charge is 2.31. The van der Waals surface area contributed by atoms with Gasteiger partial charge < -0.3 is 9.64 Å². The van der Waals surface area contributed by atoms with Crippen molar-refractivity contribution >= 4 is 5.91 Å². The van der Waals surface area contributed by atoms with Gasteiger partial charge in [-0.05, 0) is 19.9 Å². The van der Waals surface area contributed by atoms with Crippen LogP contribution in [0.25, 0.3) is 0 Å². The summed E-state index contributed by atoms with van der Waals surface area (Å²) in [5.41, 5.74) is -0.106. The van der Waals surface area contributed by atoms with E-state index >= 15 is 0 Å². The molecule has 1 unspecified atom stereocenters. The van der Waals surface area contributed by atoms with Crippen molar-refractivity contribution < 1.29 is 9.53 Å². The molecule has 1 atom stereocenters. The highest BCUT2D eigenvalue weighted by atomic mass is 16.5. The third kappa shape index (κ3) is 4.36.